The highest BCUT2D eigenvalue weighted by molar-refractivity contribution is 5.85. The molecule has 1 aliphatic heterocycles. The average molecular weight is 298 g/mol. The van der Waals surface area contributed by atoms with Gasteiger partial charge >= 0.3 is 0 Å². The second kappa shape index (κ2) is 8.95. The van der Waals surface area contributed by atoms with Crippen LogP contribution in [-0.4, -0.2) is 44.0 Å². The molecule has 1 unspecified atom stereocenters. The Kier molecular flexibility index (Phi) is 7.59. The van der Waals surface area contributed by atoms with Gasteiger partial charge in [0.1, 0.15) is 0 Å². The standard InChI is InChI=1S/C15H23N3O.ClH/c1-16-11-15(19)17-14(12-18-9-5-6-10-18)13-7-3-2-4-8-13;/h2-4,7-8,14,16H,5-6,9-12H2,1H3,(H,17,19);1H. The van der Waals surface area contributed by atoms with Gasteiger partial charge in [-0.3, -0.25) is 4.79 Å². The van der Waals surface area contributed by atoms with Crippen LogP contribution in [-0.2, 0) is 4.79 Å². The van der Waals surface area contributed by atoms with Gasteiger partial charge in [-0.15, -0.1) is 12.4 Å². The lowest BCUT2D eigenvalue weighted by molar-refractivity contribution is -0.121. The molecule has 0 spiro atoms. The first-order valence-electron chi connectivity index (χ1n) is 7.01. The minimum absolute atomic E-state index is 0. The molecule has 0 bridgehead atoms. The molecule has 1 atom stereocenters. The molecule has 0 saturated carbocycles. The van der Waals surface area contributed by atoms with Crippen LogP contribution in [0.5, 0.6) is 0 Å². The summed E-state index contributed by atoms with van der Waals surface area (Å²) < 4.78 is 0. The molecule has 1 amide bonds. The quantitative estimate of drug-likeness (QED) is 0.838. The Morgan fingerprint density at radius 3 is 2.50 bits per heavy atom. The normalized spacial score (nSPS) is 16.4. The lowest BCUT2D eigenvalue weighted by Gasteiger charge is -2.25. The maximum Gasteiger partial charge on any atom is 0.234 e. The van der Waals surface area contributed by atoms with Crippen LogP contribution in [0.15, 0.2) is 30.3 Å². The molecule has 1 aliphatic rings. The van der Waals surface area contributed by atoms with Gasteiger partial charge < -0.3 is 15.5 Å². The molecule has 0 radical (unpaired) electrons. The summed E-state index contributed by atoms with van der Waals surface area (Å²) in [5.74, 6) is 0.0514. The number of hydrogen-bond acceptors (Lipinski definition) is 3. The Hall–Kier alpha value is -1.10. The first kappa shape index (κ1) is 17.0. The highest BCUT2D eigenvalue weighted by Crippen LogP contribution is 2.17. The number of halogens is 1. The summed E-state index contributed by atoms with van der Waals surface area (Å²) >= 11 is 0. The summed E-state index contributed by atoms with van der Waals surface area (Å²) in [5.41, 5.74) is 1.18. The topological polar surface area (TPSA) is 44.4 Å². The summed E-state index contributed by atoms with van der Waals surface area (Å²) in [4.78, 5) is 14.2. The number of nitrogens with zero attached hydrogens (tertiary/aromatic N) is 1. The van der Waals surface area contributed by atoms with Crippen molar-refractivity contribution in [1.82, 2.24) is 15.5 Å². The van der Waals surface area contributed by atoms with E-state index in [1.54, 1.807) is 7.05 Å². The van der Waals surface area contributed by atoms with Gasteiger partial charge in [0, 0.05) is 6.54 Å². The number of likely N-dealkylation sites (N-methyl/N-ethyl adjacent to an activating group) is 1. The lowest BCUT2D eigenvalue weighted by atomic mass is 10.1. The summed E-state index contributed by atoms with van der Waals surface area (Å²) in [6.45, 7) is 3.55. The molecule has 1 saturated heterocycles. The number of likely N-dealkylation sites (tertiary alicyclic amines) is 1. The summed E-state index contributed by atoms with van der Waals surface area (Å²) in [6.07, 6.45) is 2.54. The fourth-order valence-electron chi connectivity index (χ4n) is 2.55. The molecular weight excluding hydrogens is 274 g/mol. The Balaban J connectivity index is 0.00000200. The number of hydrogen-bond donors (Lipinski definition) is 2. The number of carbonyl (C=O) groups excluding carboxylic acids is 1. The number of benzene rings is 1. The van der Waals surface area contributed by atoms with E-state index in [2.05, 4.69) is 27.7 Å². The average Bonchev–Trinajstić information content (AvgIpc) is 2.92. The van der Waals surface area contributed by atoms with E-state index < -0.39 is 0 Å². The predicted octanol–water partition coefficient (Wildman–Crippen LogP) is 1.58. The van der Waals surface area contributed by atoms with Crippen LogP contribution < -0.4 is 10.6 Å². The highest BCUT2D eigenvalue weighted by atomic mass is 35.5. The first-order valence-corrected chi connectivity index (χ1v) is 7.01. The van der Waals surface area contributed by atoms with Crippen molar-refractivity contribution in [3.63, 3.8) is 0 Å². The van der Waals surface area contributed by atoms with E-state index >= 15 is 0 Å². The largest absolute Gasteiger partial charge is 0.347 e. The zero-order chi connectivity index (χ0) is 13.5. The molecule has 1 aromatic rings. The highest BCUT2D eigenvalue weighted by Gasteiger charge is 2.20. The summed E-state index contributed by atoms with van der Waals surface area (Å²) in [5, 5.41) is 6.01. The number of nitrogens with one attached hydrogen (secondary N) is 2. The van der Waals surface area contributed by atoms with E-state index in [-0.39, 0.29) is 24.4 Å². The van der Waals surface area contributed by atoms with E-state index in [9.17, 15) is 4.79 Å². The van der Waals surface area contributed by atoms with Crippen molar-refractivity contribution in [3.05, 3.63) is 35.9 Å². The summed E-state index contributed by atoms with van der Waals surface area (Å²) in [7, 11) is 1.79. The van der Waals surface area contributed by atoms with Crippen molar-refractivity contribution in [1.29, 1.82) is 0 Å². The zero-order valence-electron chi connectivity index (χ0n) is 12.0. The van der Waals surface area contributed by atoms with Crippen molar-refractivity contribution in [2.45, 2.75) is 18.9 Å². The Labute approximate surface area is 127 Å². The molecule has 5 heteroatoms. The summed E-state index contributed by atoms with van der Waals surface area (Å²) in [6, 6.07) is 10.3. The van der Waals surface area contributed by atoms with Gasteiger partial charge in [-0.05, 0) is 38.5 Å². The van der Waals surface area contributed by atoms with Crippen molar-refractivity contribution < 1.29 is 4.79 Å². The SMILES string of the molecule is CNCC(=O)NC(CN1CCCC1)c1ccccc1.Cl. The minimum Gasteiger partial charge on any atom is -0.347 e. The van der Waals surface area contributed by atoms with Gasteiger partial charge in [-0.25, -0.2) is 0 Å². The Bertz CT molecular complexity index is 393. The minimum atomic E-state index is 0. The Morgan fingerprint density at radius 2 is 1.90 bits per heavy atom. The van der Waals surface area contributed by atoms with Crippen LogP contribution >= 0.6 is 12.4 Å². The molecule has 2 N–H and O–H groups in total. The maximum atomic E-state index is 11.8. The third-order valence-electron chi connectivity index (χ3n) is 3.51. The fraction of sp³-hybridized carbons (Fsp3) is 0.533. The van der Waals surface area contributed by atoms with Crippen LogP contribution in [0.25, 0.3) is 0 Å². The van der Waals surface area contributed by atoms with Crippen LogP contribution in [0, 0.1) is 0 Å². The van der Waals surface area contributed by atoms with Gasteiger partial charge in [0.2, 0.25) is 5.91 Å². The van der Waals surface area contributed by atoms with E-state index in [0.717, 1.165) is 19.6 Å². The molecule has 0 aliphatic carbocycles. The first-order chi connectivity index (χ1) is 9.29. The second-order valence-electron chi connectivity index (χ2n) is 5.07. The lowest BCUT2D eigenvalue weighted by Crippen LogP contribution is -2.40. The molecule has 4 nitrogen and oxygen atoms in total. The molecular formula is C15H24ClN3O. The smallest absolute Gasteiger partial charge is 0.234 e. The van der Waals surface area contributed by atoms with Gasteiger partial charge in [0.25, 0.3) is 0 Å². The van der Waals surface area contributed by atoms with Crippen LogP contribution in [0.3, 0.4) is 0 Å². The van der Waals surface area contributed by atoms with Gasteiger partial charge in [0.05, 0.1) is 12.6 Å². The van der Waals surface area contributed by atoms with Crippen molar-refractivity contribution in [2.75, 3.05) is 33.2 Å². The molecule has 1 fully saturated rings. The molecule has 2 rings (SSSR count). The van der Waals surface area contributed by atoms with E-state index in [0.29, 0.717) is 6.54 Å². The number of rotatable bonds is 6. The van der Waals surface area contributed by atoms with Gasteiger partial charge in [-0.2, -0.15) is 0 Å². The predicted molar refractivity (Wildman–Crippen MR) is 84.2 cm³/mol. The van der Waals surface area contributed by atoms with Crippen LogP contribution in [0.2, 0.25) is 0 Å². The van der Waals surface area contributed by atoms with Gasteiger partial charge in [-0.1, -0.05) is 30.3 Å². The monoisotopic (exact) mass is 297 g/mol. The Morgan fingerprint density at radius 1 is 1.25 bits per heavy atom. The third-order valence-corrected chi connectivity index (χ3v) is 3.51. The van der Waals surface area contributed by atoms with Crippen molar-refractivity contribution in [3.8, 4) is 0 Å². The molecule has 0 aromatic heterocycles. The second-order valence-corrected chi connectivity index (χ2v) is 5.07. The van der Waals surface area contributed by atoms with E-state index in [1.807, 2.05) is 18.2 Å². The zero-order valence-corrected chi connectivity index (χ0v) is 12.8. The third kappa shape index (κ3) is 5.12. The van der Waals surface area contributed by atoms with E-state index in [1.165, 1.54) is 18.4 Å². The molecule has 1 heterocycles. The van der Waals surface area contributed by atoms with Crippen LogP contribution in [0.1, 0.15) is 24.4 Å². The fourth-order valence-corrected chi connectivity index (χ4v) is 2.55. The number of carbonyl (C=O) groups is 1. The molecule has 112 valence electrons. The van der Waals surface area contributed by atoms with Crippen molar-refractivity contribution in [2.24, 2.45) is 0 Å². The molecule has 1 aromatic carbocycles. The van der Waals surface area contributed by atoms with Gasteiger partial charge in [0.15, 0.2) is 0 Å². The van der Waals surface area contributed by atoms with E-state index in [4.69, 9.17) is 0 Å². The van der Waals surface area contributed by atoms with Crippen LogP contribution in [0.4, 0.5) is 0 Å². The van der Waals surface area contributed by atoms with Crippen molar-refractivity contribution >= 4 is 18.3 Å². The number of amides is 1. The molecule has 20 heavy (non-hydrogen) atoms. The maximum absolute atomic E-state index is 11.8.